The summed E-state index contributed by atoms with van der Waals surface area (Å²) in [5, 5.41) is 3.37. The maximum atomic E-state index is 5.18. The van der Waals surface area contributed by atoms with E-state index in [9.17, 15) is 0 Å². The molecule has 0 aliphatic carbocycles. The molecule has 1 saturated heterocycles. The minimum Gasteiger partial charge on any atom is -0.481 e. The lowest BCUT2D eigenvalue weighted by Gasteiger charge is -2.36. The highest BCUT2D eigenvalue weighted by atomic mass is 16.5. The third kappa shape index (κ3) is 4.59. The molecule has 3 rings (SSSR count). The minimum absolute atomic E-state index is 0.515. The van der Waals surface area contributed by atoms with Crippen LogP contribution in [0.15, 0.2) is 41.7 Å². The van der Waals surface area contributed by atoms with Gasteiger partial charge in [0.25, 0.3) is 0 Å². The molecule has 0 unspecified atom stereocenters. The average molecular weight is 355 g/mol. The van der Waals surface area contributed by atoms with Crippen LogP contribution >= 0.6 is 0 Å². The van der Waals surface area contributed by atoms with Crippen molar-refractivity contribution in [3.05, 3.63) is 42.4 Å². The van der Waals surface area contributed by atoms with Gasteiger partial charge in [-0.25, -0.2) is 19.9 Å². The lowest BCUT2D eigenvalue weighted by Crippen LogP contribution is -2.53. The quantitative estimate of drug-likeness (QED) is 0.637. The van der Waals surface area contributed by atoms with Gasteiger partial charge < -0.3 is 19.9 Å². The van der Waals surface area contributed by atoms with Crippen LogP contribution in [0.4, 0.5) is 5.95 Å². The van der Waals surface area contributed by atoms with Crippen LogP contribution in [0.5, 0.6) is 5.88 Å². The van der Waals surface area contributed by atoms with Gasteiger partial charge in [0.1, 0.15) is 0 Å². The van der Waals surface area contributed by atoms with Gasteiger partial charge >= 0.3 is 0 Å². The predicted molar refractivity (Wildman–Crippen MR) is 101 cm³/mol. The maximum Gasteiger partial charge on any atom is 0.225 e. The molecule has 2 aromatic heterocycles. The van der Waals surface area contributed by atoms with Gasteiger partial charge in [-0.3, -0.25) is 0 Å². The number of methoxy groups -OCH3 is 1. The van der Waals surface area contributed by atoms with Gasteiger partial charge in [0.15, 0.2) is 5.96 Å². The molecular weight excluding hydrogens is 330 g/mol. The fourth-order valence-corrected chi connectivity index (χ4v) is 2.81. The third-order valence-electron chi connectivity index (χ3n) is 4.13. The van der Waals surface area contributed by atoms with Gasteiger partial charge in [0.2, 0.25) is 11.8 Å². The SMILES string of the molecule is CCNC(=NCc1cccc(OC)n1)N1CCN(c2ncccn2)CC1. The topological polar surface area (TPSA) is 78.8 Å². The molecular formula is C18H25N7O. The van der Waals surface area contributed by atoms with Crippen LogP contribution < -0.4 is 15.0 Å². The molecule has 1 aliphatic heterocycles. The van der Waals surface area contributed by atoms with Crippen LogP contribution in [0, 0.1) is 0 Å². The molecule has 1 fully saturated rings. The van der Waals surface area contributed by atoms with Crippen LogP contribution in [-0.2, 0) is 6.54 Å². The number of anilines is 1. The Bertz CT molecular complexity index is 714. The molecule has 0 saturated carbocycles. The first kappa shape index (κ1) is 17.9. The van der Waals surface area contributed by atoms with Crippen molar-refractivity contribution in [3.63, 3.8) is 0 Å². The van der Waals surface area contributed by atoms with E-state index in [0.717, 1.165) is 50.3 Å². The number of ether oxygens (including phenoxy) is 1. The summed E-state index contributed by atoms with van der Waals surface area (Å²) in [4.78, 5) is 22.3. The molecule has 0 spiro atoms. The van der Waals surface area contributed by atoms with E-state index < -0.39 is 0 Å². The summed E-state index contributed by atoms with van der Waals surface area (Å²) in [6.45, 7) is 6.89. The number of nitrogens with zero attached hydrogens (tertiary/aromatic N) is 6. The molecule has 3 heterocycles. The van der Waals surface area contributed by atoms with Gasteiger partial charge in [0, 0.05) is 51.2 Å². The molecule has 0 bridgehead atoms. The van der Waals surface area contributed by atoms with Crippen molar-refractivity contribution >= 4 is 11.9 Å². The van der Waals surface area contributed by atoms with E-state index in [1.54, 1.807) is 19.5 Å². The second-order valence-corrected chi connectivity index (χ2v) is 5.86. The van der Waals surface area contributed by atoms with Crippen LogP contribution in [-0.4, -0.2) is 65.6 Å². The second kappa shape index (κ2) is 8.98. The Kier molecular flexibility index (Phi) is 6.19. The summed E-state index contributed by atoms with van der Waals surface area (Å²) in [6, 6.07) is 7.56. The van der Waals surface area contributed by atoms with Crippen molar-refractivity contribution in [3.8, 4) is 5.88 Å². The van der Waals surface area contributed by atoms with Gasteiger partial charge in [-0.05, 0) is 19.1 Å². The lowest BCUT2D eigenvalue weighted by molar-refractivity contribution is 0.370. The van der Waals surface area contributed by atoms with E-state index in [0.29, 0.717) is 12.4 Å². The Hall–Kier alpha value is -2.90. The molecule has 8 heteroatoms. The summed E-state index contributed by atoms with van der Waals surface area (Å²) in [6.07, 6.45) is 3.56. The van der Waals surface area contributed by atoms with Crippen molar-refractivity contribution in [2.75, 3.05) is 44.7 Å². The summed E-state index contributed by atoms with van der Waals surface area (Å²) < 4.78 is 5.18. The first-order valence-electron chi connectivity index (χ1n) is 8.85. The lowest BCUT2D eigenvalue weighted by atomic mass is 10.3. The molecule has 0 amide bonds. The molecule has 26 heavy (non-hydrogen) atoms. The average Bonchev–Trinajstić information content (AvgIpc) is 2.72. The maximum absolute atomic E-state index is 5.18. The molecule has 0 aromatic carbocycles. The summed E-state index contributed by atoms with van der Waals surface area (Å²) in [5.41, 5.74) is 0.885. The molecule has 8 nitrogen and oxygen atoms in total. The van der Waals surface area contributed by atoms with Gasteiger partial charge in [0.05, 0.1) is 19.3 Å². The Labute approximate surface area is 154 Å². The number of aliphatic imine (C=N–C) groups is 1. The van der Waals surface area contributed by atoms with Gasteiger partial charge in [-0.1, -0.05) is 6.07 Å². The highest BCUT2D eigenvalue weighted by Gasteiger charge is 2.21. The number of piperazine rings is 1. The third-order valence-corrected chi connectivity index (χ3v) is 4.13. The minimum atomic E-state index is 0.515. The summed E-state index contributed by atoms with van der Waals surface area (Å²) >= 11 is 0. The van der Waals surface area contributed by atoms with Crippen LogP contribution in [0.1, 0.15) is 12.6 Å². The van der Waals surface area contributed by atoms with Crippen molar-refractivity contribution < 1.29 is 4.74 Å². The fraction of sp³-hybridized carbons (Fsp3) is 0.444. The number of hydrogen-bond acceptors (Lipinski definition) is 6. The number of nitrogens with one attached hydrogen (secondary N) is 1. The Morgan fingerprint density at radius 1 is 1.15 bits per heavy atom. The molecule has 1 aliphatic rings. The van der Waals surface area contributed by atoms with Crippen LogP contribution in [0.25, 0.3) is 0 Å². The number of aromatic nitrogens is 3. The number of guanidine groups is 1. The van der Waals surface area contributed by atoms with Gasteiger partial charge in [-0.2, -0.15) is 0 Å². The van der Waals surface area contributed by atoms with Crippen LogP contribution in [0.2, 0.25) is 0 Å². The monoisotopic (exact) mass is 355 g/mol. The van der Waals surface area contributed by atoms with Crippen molar-refractivity contribution in [2.24, 2.45) is 4.99 Å². The van der Waals surface area contributed by atoms with Crippen LogP contribution in [0.3, 0.4) is 0 Å². The van der Waals surface area contributed by atoms with E-state index in [-0.39, 0.29) is 0 Å². The number of pyridine rings is 1. The molecule has 0 radical (unpaired) electrons. The predicted octanol–water partition coefficient (Wildman–Crippen LogP) is 1.17. The standard InChI is InChI=1S/C18H25N7O/c1-3-19-17(22-14-15-6-4-7-16(23-15)26-2)24-10-12-25(13-11-24)18-20-8-5-9-21-18/h4-9H,3,10-14H2,1-2H3,(H,19,22). The zero-order valence-electron chi connectivity index (χ0n) is 15.3. The zero-order valence-corrected chi connectivity index (χ0v) is 15.3. The zero-order chi connectivity index (χ0) is 18.2. The van der Waals surface area contributed by atoms with E-state index in [1.807, 2.05) is 24.3 Å². The van der Waals surface area contributed by atoms with E-state index in [1.165, 1.54) is 0 Å². The van der Waals surface area contributed by atoms with Crippen molar-refractivity contribution in [1.29, 1.82) is 0 Å². The summed E-state index contributed by atoms with van der Waals surface area (Å²) in [7, 11) is 1.62. The number of hydrogen-bond donors (Lipinski definition) is 1. The Balaban J connectivity index is 1.62. The van der Waals surface area contributed by atoms with Crippen molar-refractivity contribution in [1.82, 2.24) is 25.2 Å². The van der Waals surface area contributed by atoms with Crippen molar-refractivity contribution in [2.45, 2.75) is 13.5 Å². The molecule has 2 aromatic rings. The highest BCUT2D eigenvalue weighted by molar-refractivity contribution is 5.80. The number of rotatable bonds is 5. The van der Waals surface area contributed by atoms with E-state index in [4.69, 9.17) is 9.73 Å². The second-order valence-electron chi connectivity index (χ2n) is 5.86. The Morgan fingerprint density at radius 3 is 2.62 bits per heavy atom. The molecule has 138 valence electrons. The normalized spacial score (nSPS) is 15.1. The molecule has 1 N–H and O–H groups in total. The smallest absolute Gasteiger partial charge is 0.225 e. The Morgan fingerprint density at radius 2 is 1.92 bits per heavy atom. The van der Waals surface area contributed by atoms with E-state index >= 15 is 0 Å². The van der Waals surface area contributed by atoms with E-state index in [2.05, 4.69) is 37.0 Å². The first-order chi connectivity index (χ1) is 12.8. The highest BCUT2D eigenvalue weighted by Crippen LogP contribution is 2.11. The largest absolute Gasteiger partial charge is 0.481 e. The summed E-state index contributed by atoms with van der Waals surface area (Å²) in [5.74, 6) is 2.31. The fourth-order valence-electron chi connectivity index (χ4n) is 2.81. The molecule has 0 atom stereocenters. The first-order valence-corrected chi connectivity index (χ1v) is 8.85. The van der Waals surface area contributed by atoms with Gasteiger partial charge in [-0.15, -0.1) is 0 Å².